The molecule has 0 unspecified atom stereocenters. The van der Waals surface area contributed by atoms with Gasteiger partial charge in [0, 0.05) is 24.5 Å². The average Bonchev–Trinajstić information content (AvgIpc) is 2.96. The molecule has 0 bridgehead atoms. The minimum atomic E-state index is 0.935. The quantitative estimate of drug-likeness (QED) is 0.720. The molecule has 0 radical (unpaired) electrons. The predicted octanol–water partition coefficient (Wildman–Crippen LogP) is 3.81. The maximum absolute atomic E-state index is 4.35. The van der Waals surface area contributed by atoms with Crippen molar-refractivity contribution in [3.05, 3.63) is 59.9 Å². The Labute approximate surface area is 125 Å². The minimum absolute atomic E-state index is 0.935. The molecule has 2 heterocycles. The molecule has 0 spiro atoms. The molecular weight excluding hydrogens is 258 g/mol. The van der Waals surface area contributed by atoms with Crippen molar-refractivity contribution in [2.24, 2.45) is 0 Å². The Morgan fingerprint density at radius 3 is 2.90 bits per heavy atom. The molecule has 0 aliphatic carbocycles. The molecule has 0 amide bonds. The van der Waals surface area contributed by atoms with E-state index in [-0.39, 0.29) is 0 Å². The molecule has 1 N–H and O–H groups in total. The summed E-state index contributed by atoms with van der Waals surface area (Å²) in [7, 11) is 0. The van der Waals surface area contributed by atoms with Crippen LogP contribution in [0.1, 0.15) is 24.5 Å². The Morgan fingerprint density at radius 2 is 2.10 bits per heavy atom. The summed E-state index contributed by atoms with van der Waals surface area (Å²) >= 11 is 0. The zero-order valence-electron chi connectivity index (χ0n) is 12.6. The standard InChI is InChI=1S/C18H21N3/c1-3-9-19-13-15-7-8-16(14(2)12-15)17-5-4-6-18-20-10-11-21(17)18/h4-8,10-12,19H,3,9,13H2,1-2H3. The monoisotopic (exact) mass is 279 g/mol. The van der Waals surface area contributed by atoms with Crippen molar-refractivity contribution in [2.75, 3.05) is 6.54 Å². The van der Waals surface area contributed by atoms with Crippen LogP contribution in [0.2, 0.25) is 0 Å². The number of nitrogens with one attached hydrogen (secondary N) is 1. The first-order chi connectivity index (χ1) is 10.3. The summed E-state index contributed by atoms with van der Waals surface area (Å²) in [6, 6.07) is 12.9. The molecule has 2 aromatic heterocycles. The van der Waals surface area contributed by atoms with Gasteiger partial charge in [-0.15, -0.1) is 0 Å². The zero-order valence-corrected chi connectivity index (χ0v) is 12.6. The molecule has 21 heavy (non-hydrogen) atoms. The number of nitrogens with zero attached hydrogens (tertiary/aromatic N) is 2. The maximum Gasteiger partial charge on any atom is 0.137 e. The molecule has 1 aromatic carbocycles. The Bertz CT molecular complexity index is 743. The SMILES string of the molecule is CCCNCc1ccc(-c2cccc3nccn23)c(C)c1. The average molecular weight is 279 g/mol. The fourth-order valence-corrected chi connectivity index (χ4v) is 2.70. The molecular formula is C18H21N3. The predicted molar refractivity (Wildman–Crippen MR) is 87.4 cm³/mol. The highest BCUT2D eigenvalue weighted by Gasteiger charge is 2.07. The molecule has 0 saturated carbocycles. The van der Waals surface area contributed by atoms with Crippen LogP contribution in [0.25, 0.3) is 16.9 Å². The van der Waals surface area contributed by atoms with Gasteiger partial charge in [0.2, 0.25) is 0 Å². The van der Waals surface area contributed by atoms with E-state index in [1.807, 2.05) is 18.5 Å². The molecule has 3 nitrogen and oxygen atoms in total. The number of hydrogen-bond acceptors (Lipinski definition) is 2. The summed E-state index contributed by atoms with van der Waals surface area (Å²) < 4.78 is 2.14. The van der Waals surface area contributed by atoms with Crippen molar-refractivity contribution in [3.63, 3.8) is 0 Å². The number of pyridine rings is 1. The van der Waals surface area contributed by atoms with Crippen molar-refractivity contribution in [2.45, 2.75) is 26.8 Å². The van der Waals surface area contributed by atoms with Crippen molar-refractivity contribution in [1.82, 2.24) is 14.7 Å². The van der Waals surface area contributed by atoms with Gasteiger partial charge in [0.15, 0.2) is 0 Å². The van der Waals surface area contributed by atoms with Gasteiger partial charge in [-0.25, -0.2) is 4.98 Å². The van der Waals surface area contributed by atoms with Crippen LogP contribution in [-0.2, 0) is 6.54 Å². The van der Waals surface area contributed by atoms with Crippen LogP contribution in [0.5, 0.6) is 0 Å². The van der Waals surface area contributed by atoms with Gasteiger partial charge in [-0.3, -0.25) is 4.40 Å². The number of imidazole rings is 1. The lowest BCUT2D eigenvalue weighted by atomic mass is 10.0. The van der Waals surface area contributed by atoms with Gasteiger partial charge in [0.05, 0.1) is 5.69 Å². The Morgan fingerprint density at radius 1 is 1.19 bits per heavy atom. The fourth-order valence-electron chi connectivity index (χ4n) is 2.70. The van der Waals surface area contributed by atoms with Crippen LogP contribution in [0, 0.1) is 6.92 Å². The van der Waals surface area contributed by atoms with Crippen LogP contribution in [0.3, 0.4) is 0 Å². The molecule has 3 rings (SSSR count). The highest BCUT2D eigenvalue weighted by atomic mass is 15.0. The van der Waals surface area contributed by atoms with E-state index >= 15 is 0 Å². The van der Waals surface area contributed by atoms with Crippen LogP contribution < -0.4 is 5.32 Å². The lowest BCUT2D eigenvalue weighted by Crippen LogP contribution is -2.13. The van der Waals surface area contributed by atoms with Crippen molar-refractivity contribution in [1.29, 1.82) is 0 Å². The zero-order chi connectivity index (χ0) is 14.7. The Balaban J connectivity index is 1.94. The lowest BCUT2D eigenvalue weighted by Gasteiger charge is -2.11. The van der Waals surface area contributed by atoms with E-state index in [4.69, 9.17) is 0 Å². The van der Waals surface area contributed by atoms with E-state index in [1.54, 1.807) is 0 Å². The van der Waals surface area contributed by atoms with Crippen molar-refractivity contribution >= 4 is 5.65 Å². The van der Waals surface area contributed by atoms with Gasteiger partial charge in [-0.1, -0.05) is 31.2 Å². The van der Waals surface area contributed by atoms with Crippen molar-refractivity contribution in [3.8, 4) is 11.3 Å². The summed E-state index contributed by atoms with van der Waals surface area (Å²) in [5.74, 6) is 0. The number of rotatable bonds is 5. The maximum atomic E-state index is 4.35. The first-order valence-corrected chi connectivity index (χ1v) is 7.52. The van der Waals surface area contributed by atoms with Gasteiger partial charge in [0.25, 0.3) is 0 Å². The molecule has 0 aliphatic heterocycles. The minimum Gasteiger partial charge on any atom is -0.313 e. The smallest absolute Gasteiger partial charge is 0.137 e. The number of benzene rings is 1. The Hall–Kier alpha value is -2.13. The molecule has 0 fully saturated rings. The van der Waals surface area contributed by atoms with E-state index in [0.717, 1.165) is 18.7 Å². The van der Waals surface area contributed by atoms with Gasteiger partial charge in [-0.2, -0.15) is 0 Å². The largest absolute Gasteiger partial charge is 0.313 e. The van der Waals surface area contributed by atoms with Gasteiger partial charge in [0.1, 0.15) is 5.65 Å². The third-order valence-electron chi connectivity index (χ3n) is 3.75. The number of fused-ring (bicyclic) bond motifs is 1. The second-order valence-corrected chi connectivity index (χ2v) is 5.39. The third kappa shape index (κ3) is 2.83. The van der Waals surface area contributed by atoms with Gasteiger partial charge in [-0.05, 0) is 43.1 Å². The van der Waals surface area contributed by atoms with Crippen LogP contribution in [0.15, 0.2) is 48.8 Å². The van der Waals surface area contributed by atoms with Gasteiger partial charge >= 0.3 is 0 Å². The first-order valence-electron chi connectivity index (χ1n) is 7.52. The summed E-state index contributed by atoms with van der Waals surface area (Å²) in [5, 5.41) is 3.45. The van der Waals surface area contributed by atoms with Crippen LogP contribution in [-0.4, -0.2) is 15.9 Å². The molecule has 0 aliphatic rings. The van der Waals surface area contributed by atoms with E-state index in [9.17, 15) is 0 Å². The van der Waals surface area contributed by atoms with E-state index in [1.165, 1.54) is 28.8 Å². The van der Waals surface area contributed by atoms with Gasteiger partial charge < -0.3 is 5.32 Å². The summed E-state index contributed by atoms with van der Waals surface area (Å²) in [6.45, 7) is 6.36. The second kappa shape index (κ2) is 6.10. The first kappa shape index (κ1) is 13.8. The number of aromatic nitrogens is 2. The lowest BCUT2D eigenvalue weighted by molar-refractivity contribution is 0.675. The van der Waals surface area contributed by atoms with Crippen LogP contribution in [0.4, 0.5) is 0 Å². The number of aryl methyl sites for hydroxylation is 1. The fraction of sp³-hybridized carbons (Fsp3) is 0.278. The summed E-state index contributed by atoms with van der Waals surface area (Å²) in [5.41, 5.74) is 6.07. The highest BCUT2D eigenvalue weighted by Crippen LogP contribution is 2.25. The normalized spacial score (nSPS) is 11.1. The topological polar surface area (TPSA) is 29.3 Å². The molecule has 108 valence electrons. The second-order valence-electron chi connectivity index (χ2n) is 5.39. The van der Waals surface area contributed by atoms with Crippen LogP contribution >= 0.6 is 0 Å². The molecule has 3 heteroatoms. The summed E-state index contributed by atoms with van der Waals surface area (Å²) in [6.07, 6.45) is 5.03. The molecule has 0 atom stereocenters. The van der Waals surface area contributed by atoms with E-state index < -0.39 is 0 Å². The highest BCUT2D eigenvalue weighted by molar-refractivity contribution is 5.67. The Kier molecular flexibility index (Phi) is 4.02. The van der Waals surface area contributed by atoms with Crippen molar-refractivity contribution < 1.29 is 0 Å². The van der Waals surface area contributed by atoms with E-state index in [0.29, 0.717) is 0 Å². The molecule has 0 saturated heterocycles. The third-order valence-corrected chi connectivity index (χ3v) is 3.75. The number of hydrogen-bond donors (Lipinski definition) is 1. The molecule has 3 aromatic rings. The summed E-state index contributed by atoms with van der Waals surface area (Å²) in [4.78, 5) is 4.35. The van der Waals surface area contributed by atoms with E-state index in [2.05, 4.69) is 58.9 Å².